The Morgan fingerprint density at radius 1 is 0.287 bits per heavy atom. The lowest BCUT2D eigenvalue weighted by Gasteiger charge is -2.21. The first-order valence-electron chi connectivity index (χ1n) is 39.0. The maximum absolute atomic E-state index is 13.1. The molecule has 3 N–H and O–H groups in total. The maximum atomic E-state index is 13.1. The Hall–Kier alpha value is -1.94. The highest BCUT2D eigenvalue weighted by Gasteiger charge is 2.30. The molecule has 0 bridgehead atoms. The minimum atomic E-state index is -4.95. The van der Waals surface area contributed by atoms with Crippen LogP contribution in [0.3, 0.4) is 0 Å². The first-order chi connectivity index (χ1) is 45.4. The molecule has 5 atom stereocenters. The number of phosphoric acid groups is 2. The molecule has 0 aliphatic heterocycles. The third-order valence-corrected chi connectivity index (χ3v) is 19.4. The van der Waals surface area contributed by atoms with Crippen molar-refractivity contribution in [2.24, 2.45) is 11.8 Å². The molecular weight excluding hydrogens is 1230 g/mol. The fourth-order valence-electron chi connectivity index (χ4n) is 11.5. The summed E-state index contributed by atoms with van der Waals surface area (Å²) in [5.74, 6) is -0.516. The fourth-order valence-corrected chi connectivity index (χ4v) is 13.1. The monoisotopic (exact) mass is 1380 g/mol. The predicted octanol–water partition coefficient (Wildman–Crippen LogP) is 21.9. The average molecular weight is 1380 g/mol. The number of hydrogen-bond acceptors (Lipinski definition) is 15. The molecule has 0 aromatic rings. The molecule has 0 aliphatic carbocycles. The zero-order valence-corrected chi connectivity index (χ0v) is 63.1. The van der Waals surface area contributed by atoms with Crippen molar-refractivity contribution in [2.75, 3.05) is 39.6 Å². The van der Waals surface area contributed by atoms with Gasteiger partial charge < -0.3 is 33.8 Å². The molecule has 0 fully saturated rings. The predicted molar refractivity (Wildman–Crippen MR) is 381 cm³/mol. The van der Waals surface area contributed by atoms with Crippen LogP contribution >= 0.6 is 15.6 Å². The van der Waals surface area contributed by atoms with Crippen LogP contribution in [0.2, 0.25) is 0 Å². The number of ether oxygens (including phenoxy) is 4. The van der Waals surface area contributed by atoms with E-state index in [0.29, 0.717) is 25.7 Å². The number of phosphoric ester groups is 2. The van der Waals surface area contributed by atoms with Crippen molar-refractivity contribution in [3.8, 4) is 0 Å². The van der Waals surface area contributed by atoms with Crippen molar-refractivity contribution < 1.29 is 80.2 Å². The molecule has 0 spiro atoms. The smallest absolute Gasteiger partial charge is 0.462 e. The molecule has 0 saturated carbocycles. The van der Waals surface area contributed by atoms with E-state index in [1.165, 1.54) is 199 Å². The molecule has 19 heteroatoms. The second-order valence-electron chi connectivity index (χ2n) is 28.0. The summed E-state index contributed by atoms with van der Waals surface area (Å²) < 4.78 is 68.2. The lowest BCUT2D eigenvalue weighted by Crippen LogP contribution is -2.30. The third-order valence-electron chi connectivity index (χ3n) is 17.5. The Balaban J connectivity index is 5.12. The average Bonchev–Trinajstić information content (AvgIpc) is 2.26. The zero-order chi connectivity index (χ0) is 69.3. The Bertz CT molecular complexity index is 1820. The minimum Gasteiger partial charge on any atom is -0.462 e. The van der Waals surface area contributed by atoms with Gasteiger partial charge in [0.1, 0.15) is 19.3 Å². The summed E-state index contributed by atoms with van der Waals surface area (Å²) in [4.78, 5) is 72.4. The normalized spacial score (nSPS) is 14.0. The molecule has 2 unspecified atom stereocenters. The van der Waals surface area contributed by atoms with E-state index in [1.807, 2.05) is 0 Å². The van der Waals surface area contributed by atoms with Crippen molar-refractivity contribution in [3.63, 3.8) is 0 Å². The lowest BCUT2D eigenvalue weighted by molar-refractivity contribution is -0.161. The molecule has 0 saturated heterocycles. The molecule has 0 amide bonds. The quantitative estimate of drug-likeness (QED) is 0.0222. The molecule has 0 radical (unpaired) electrons. The van der Waals surface area contributed by atoms with Crippen molar-refractivity contribution in [1.82, 2.24) is 0 Å². The highest BCUT2D eigenvalue weighted by molar-refractivity contribution is 7.47. The van der Waals surface area contributed by atoms with Crippen molar-refractivity contribution in [2.45, 2.75) is 407 Å². The van der Waals surface area contributed by atoms with Crippen LogP contribution in [-0.2, 0) is 65.4 Å². The highest BCUT2D eigenvalue weighted by atomic mass is 31.2. The van der Waals surface area contributed by atoms with Crippen LogP contribution < -0.4 is 0 Å². The maximum Gasteiger partial charge on any atom is 0.472 e. The number of unbranched alkanes of at least 4 members (excludes halogenated alkanes) is 44. The van der Waals surface area contributed by atoms with Crippen molar-refractivity contribution in [3.05, 3.63) is 0 Å². The van der Waals surface area contributed by atoms with E-state index in [9.17, 15) is 43.2 Å². The summed E-state index contributed by atoms with van der Waals surface area (Å²) in [7, 11) is -9.90. The van der Waals surface area contributed by atoms with E-state index in [0.717, 1.165) is 108 Å². The van der Waals surface area contributed by atoms with Gasteiger partial charge in [0.2, 0.25) is 0 Å². The van der Waals surface area contributed by atoms with Gasteiger partial charge in [0.05, 0.1) is 26.4 Å². The van der Waals surface area contributed by atoms with E-state index in [1.54, 1.807) is 0 Å². The van der Waals surface area contributed by atoms with Gasteiger partial charge >= 0.3 is 39.5 Å². The van der Waals surface area contributed by atoms with Gasteiger partial charge in [0.15, 0.2) is 12.2 Å². The van der Waals surface area contributed by atoms with E-state index in [2.05, 4.69) is 41.5 Å². The second kappa shape index (κ2) is 66.9. The summed E-state index contributed by atoms with van der Waals surface area (Å²) in [6.45, 7) is 9.55. The van der Waals surface area contributed by atoms with Gasteiger partial charge in [-0.05, 0) is 37.5 Å². The summed E-state index contributed by atoms with van der Waals surface area (Å²) in [6.07, 6.45) is 54.5. The van der Waals surface area contributed by atoms with Gasteiger partial charge in [-0.15, -0.1) is 0 Å². The highest BCUT2D eigenvalue weighted by Crippen LogP contribution is 2.45. The number of esters is 4. The Morgan fingerprint density at radius 3 is 0.723 bits per heavy atom. The van der Waals surface area contributed by atoms with Crippen LogP contribution in [0.1, 0.15) is 388 Å². The molecule has 94 heavy (non-hydrogen) atoms. The van der Waals surface area contributed by atoms with Crippen LogP contribution in [0.4, 0.5) is 0 Å². The molecule has 558 valence electrons. The van der Waals surface area contributed by atoms with Crippen LogP contribution in [0.15, 0.2) is 0 Å². The van der Waals surface area contributed by atoms with Gasteiger partial charge in [0.25, 0.3) is 0 Å². The number of rotatable bonds is 74. The van der Waals surface area contributed by atoms with Gasteiger partial charge in [-0.2, -0.15) is 0 Å². The Morgan fingerprint density at radius 2 is 0.489 bits per heavy atom. The van der Waals surface area contributed by atoms with Crippen molar-refractivity contribution >= 4 is 39.5 Å². The van der Waals surface area contributed by atoms with Gasteiger partial charge in [-0.1, -0.05) is 337 Å². The van der Waals surface area contributed by atoms with Crippen LogP contribution in [0, 0.1) is 11.8 Å². The SMILES string of the molecule is CCCCCCCCCCCCCCC(=O)O[C@H](COC(=O)CCCCCCC)COP(=O)(O)OC[C@H](O)COP(=O)(O)OC[C@@H](COC(=O)CCCCCCCCCCCCCCCC(C)C)OC(=O)CCCCCCCCCCCCCCCCCCCCC(C)C. The molecular formula is C75H146O17P2. The number of hydrogen-bond donors (Lipinski definition) is 3. The lowest BCUT2D eigenvalue weighted by atomic mass is 10.0. The molecule has 0 aromatic heterocycles. The van der Waals surface area contributed by atoms with Gasteiger partial charge in [-0.25, -0.2) is 9.13 Å². The number of carbonyl (C=O) groups is 4. The van der Waals surface area contributed by atoms with Gasteiger partial charge in [0, 0.05) is 25.7 Å². The largest absolute Gasteiger partial charge is 0.472 e. The van der Waals surface area contributed by atoms with E-state index < -0.39 is 97.5 Å². The number of aliphatic hydroxyl groups excluding tert-OH is 1. The van der Waals surface area contributed by atoms with Crippen LogP contribution in [0.25, 0.3) is 0 Å². The summed E-state index contributed by atoms with van der Waals surface area (Å²) in [5, 5.41) is 10.6. The molecule has 17 nitrogen and oxygen atoms in total. The summed E-state index contributed by atoms with van der Waals surface area (Å²) >= 11 is 0. The van der Waals surface area contributed by atoms with E-state index >= 15 is 0 Å². The molecule has 0 aliphatic rings. The molecule has 0 heterocycles. The van der Waals surface area contributed by atoms with E-state index in [-0.39, 0.29) is 25.7 Å². The fraction of sp³-hybridized carbons (Fsp3) is 0.947. The Labute approximate surface area is 575 Å². The van der Waals surface area contributed by atoms with E-state index in [4.69, 9.17) is 37.0 Å². The number of aliphatic hydroxyl groups is 1. The molecule has 0 rings (SSSR count). The van der Waals surface area contributed by atoms with Crippen LogP contribution in [0.5, 0.6) is 0 Å². The second-order valence-corrected chi connectivity index (χ2v) is 30.9. The van der Waals surface area contributed by atoms with Gasteiger partial charge in [-0.3, -0.25) is 37.3 Å². The summed E-state index contributed by atoms with van der Waals surface area (Å²) in [6, 6.07) is 0. The number of carbonyl (C=O) groups excluding carboxylic acids is 4. The molecule has 0 aromatic carbocycles. The first kappa shape index (κ1) is 92.1. The first-order valence-corrected chi connectivity index (χ1v) is 42.0. The van der Waals surface area contributed by atoms with Crippen molar-refractivity contribution in [1.29, 1.82) is 0 Å². The topological polar surface area (TPSA) is 237 Å². The third kappa shape index (κ3) is 68.6. The summed E-state index contributed by atoms with van der Waals surface area (Å²) in [5.41, 5.74) is 0. The standard InChI is InChI=1S/C75H146O17P2/c1-7-9-11-13-14-15-16-30-36-41-47-53-59-74(79)91-70(63-85-72(77)57-51-43-12-10-8-2)65-89-93(81,82)87-61-69(76)62-88-94(83,84)90-66-71(64-86-73(78)58-52-46-40-35-31-27-23-25-29-34-39-45-50-56-68(5)6)92-75(80)60-54-48-42-37-32-26-22-20-18-17-19-21-24-28-33-38-44-49-55-67(3)4/h67-71,76H,7-66H2,1-6H3,(H,81,82)(H,83,84)/t69-,70+,71+/m0/s1. The zero-order valence-electron chi connectivity index (χ0n) is 61.3. The van der Waals surface area contributed by atoms with Crippen LogP contribution in [-0.4, -0.2) is 96.7 Å². The Kier molecular flexibility index (Phi) is 65.5. The minimum absolute atomic E-state index is 0.106.